The number of carbonyl (C=O) groups is 2. The van der Waals surface area contributed by atoms with Crippen molar-refractivity contribution in [1.29, 1.82) is 0 Å². The largest absolute Gasteiger partial charge is 0.481 e. The van der Waals surface area contributed by atoms with Gasteiger partial charge >= 0.3 is 5.97 Å². The molecule has 1 aromatic heterocycles. The predicted molar refractivity (Wildman–Crippen MR) is 82.5 cm³/mol. The second-order valence-corrected chi connectivity index (χ2v) is 5.71. The molecule has 1 aromatic carbocycles. The highest BCUT2D eigenvalue weighted by Crippen LogP contribution is 2.31. The number of anilines is 1. The lowest BCUT2D eigenvalue weighted by molar-refractivity contribution is -0.136. The summed E-state index contributed by atoms with van der Waals surface area (Å²) in [6.45, 7) is 3.73. The lowest BCUT2D eigenvalue weighted by Crippen LogP contribution is -2.08. The summed E-state index contributed by atoms with van der Waals surface area (Å²) in [5.41, 5.74) is 2.59. The van der Waals surface area contributed by atoms with Crippen molar-refractivity contribution in [2.45, 2.75) is 26.7 Å². The molecule has 0 unspecified atom stereocenters. The van der Waals surface area contributed by atoms with Crippen LogP contribution in [0.1, 0.15) is 23.8 Å². The molecule has 2 rings (SSSR count). The van der Waals surface area contributed by atoms with Crippen LogP contribution in [-0.4, -0.2) is 22.0 Å². The fourth-order valence-corrected chi connectivity index (χ4v) is 2.80. The molecule has 0 fully saturated rings. The molecule has 110 valence electrons. The Kier molecular flexibility index (Phi) is 4.70. The van der Waals surface area contributed by atoms with Crippen LogP contribution in [0.5, 0.6) is 0 Å². The quantitative estimate of drug-likeness (QED) is 0.889. The lowest BCUT2D eigenvalue weighted by atomic mass is 10.1. The minimum absolute atomic E-state index is 0.108. The molecule has 0 spiro atoms. The Labute approximate surface area is 126 Å². The minimum Gasteiger partial charge on any atom is -0.481 e. The van der Waals surface area contributed by atoms with Crippen molar-refractivity contribution in [2.24, 2.45) is 0 Å². The molecule has 0 aliphatic rings. The number of carbonyl (C=O) groups excluding carboxylic acids is 1. The van der Waals surface area contributed by atoms with Crippen LogP contribution < -0.4 is 5.32 Å². The van der Waals surface area contributed by atoms with Crippen LogP contribution in [0.25, 0.3) is 11.3 Å². The fourth-order valence-electron chi connectivity index (χ4n) is 1.81. The fraction of sp³-hybridized carbons (Fsp3) is 0.267. The summed E-state index contributed by atoms with van der Waals surface area (Å²) < 4.78 is 0. The van der Waals surface area contributed by atoms with Crippen molar-refractivity contribution < 1.29 is 14.7 Å². The number of nitrogens with zero attached hydrogens (tertiary/aromatic N) is 1. The highest BCUT2D eigenvalue weighted by atomic mass is 32.1. The third kappa shape index (κ3) is 3.88. The molecule has 0 aliphatic carbocycles. The number of hydrogen-bond donors (Lipinski definition) is 2. The molecule has 0 radical (unpaired) electrons. The number of nitrogens with one attached hydrogen (secondary N) is 1. The Morgan fingerprint density at radius 2 is 1.95 bits per heavy atom. The number of amides is 1. The summed E-state index contributed by atoms with van der Waals surface area (Å²) in [5.74, 6) is -1.05. The van der Waals surface area contributed by atoms with Crippen molar-refractivity contribution in [2.75, 3.05) is 5.32 Å². The number of thiazole rings is 1. The number of rotatable bonds is 5. The zero-order chi connectivity index (χ0) is 15.4. The zero-order valence-corrected chi connectivity index (χ0v) is 12.7. The van der Waals surface area contributed by atoms with Gasteiger partial charge in [0.05, 0.1) is 12.1 Å². The number of aromatic nitrogens is 1. The topological polar surface area (TPSA) is 79.3 Å². The maximum absolute atomic E-state index is 11.4. The van der Waals surface area contributed by atoms with Crippen molar-refractivity contribution in [1.82, 2.24) is 4.98 Å². The summed E-state index contributed by atoms with van der Waals surface area (Å²) in [6, 6.07) is 7.70. The van der Waals surface area contributed by atoms with Crippen molar-refractivity contribution in [3.63, 3.8) is 0 Å². The Morgan fingerprint density at radius 3 is 2.52 bits per heavy atom. The molecular formula is C15H16N2O3S. The van der Waals surface area contributed by atoms with E-state index >= 15 is 0 Å². The van der Waals surface area contributed by atoms with Crippen LogP contribution in [0, 0.1) is 6.92 Å². The predicted octanol–water partition coefficient (Wildman–Crippen LogP) is 3.09. The highest BCUT2D eigenvalue weighted by molar-refractivity contribution is 7.16. The van der Waals surface area contributed by atoms with Gasteiger partial charge in [-0.15, -0.1) is 11.3 Å². The molecule has 6 heteroatoms. The SMILES string of the molecule is CCC(=O)Nc1nc(-c2ccc(C)cc2)c(CC(=O)O)s1. The van der Waals surface area contributed by atoms with E-state index < -0.39 is 5.97 Å². The summed E-state index contributed by atoms with van der Waals surface area (Å²) >= 11 is 1.21. The highest BCUT2D eigenvalue weighted by Gasteiger charge is 2.16. The molecule has 1 amide bonds. The van der Waals surface area contributed by atoms with Crippen LogP contribution in [0.3, 0.4) is 0 Å². The lowest BCUT2D eigenvalue weighted by Gasteiger charge is -2.01. The first-order chi connectivity index (χ1) is 9.99. The summed E-state index contributed by atoms with van der Waals surface area (Å²) in [6.07, 6.45) is 0.247. The summed E-state index contributed by atoms with van der Waals surface area (Å²) in [5, 5.41) is 12.1. The van der Waals surface area contributed by atoms with Gasteiger partial charge in [0.1, 0.15) is 0 Å². The first-order valence-electron chi connectivity index (χ1n) is 6.58. The number of benzene rings is 1. The number of aryl methyl sites for hydroxylation is 1. The van der Waals surface area contributed by atoms with Crippen LogP contribution >= 0.6 is 11.3 Å². The maximum Gasteiger partial charge on any atom is 0.308 e. The van der Waals surface area contributed by atoms with Crippen molar-refractivity contribution in [3.8, 4) is 11.3 Å². The molecule has 0 saturated carbocycles. The average molecular weight is 304 g/mol. The van der Waals surface area contributed by atoms with Gasteiger partial charge in [-0.05, 0) is 6.92 Å². The summed E-state index contributed by atoms with van der Waals surface area (Å²) in [4.78, 5) is 27.4. The third-order valence-electron chi connectivity index (χ3n) is 2.90. The van der Waals surface area contributed by atoms with Crippen LogP contribution in [0.15, 0.2) is 24.3 Å². The van der Waals surface area contributed by atoms with E-state index in [1.165, 1.54) is 11.3 Å². The number of carboxylic acids is 1. The molecule has 0 atom stereocenters. The Hall–Kier alpha value is -2.21. The second kappa shape index (κ2) is 6.49. The van der Waals surface area contributed by atoms with E-state index in [0.29, 0.717) is 22.1 Å². The van der Waals surface area contributed by atoms with Gasteiger partial charge in [0, 0.05) is 16.9 Å². The number of hydrogen-bond acceptors (Lipinski definition) is 4. The number of aliphatic carboxylic acids is 1. The number of carboxylic acid groups (broad SMARTS) is 1. The summed E-state index contributed by atoms with van der Waals surface area (Å²) in [7, 11) is 0. The first kappa shape index (κ1) is 15.2. The maximum atomic E-state index is 11.4. The van der Waals surface area contributed by atoms with E-state index in [2.05, 4.69) is 10.3 Å². The van der Waals surface area contributed by atoms with Crippen molar-refractivity contribution in [3.05, 3.63) is 34.7 Å². The van der Waals surface area contributed by atoms with E-state index in [0.717, 1.165) is 11.1 Å². The van der Waals surface area contributed by atoms with Gasteiger partial charge in [0.25, 0.3) is 0 Å². The Morgan fingerprint density at radius 1 is 1.29 bits per heavy atom. The Bertz CT molecular complexity index is 662. The van der Waals surface area contributed by atoms with Gasteiger partial charge < -0.3 is 10.4 Å². The third-order valence-corrected chi connectivity index (χ3v) is 3.87. The van der Waals surface area contributed by atoms with E-state index in [-0.39, 0.29) is 12.3 Å². The molecule has 2 N–H and O–H groups in total. The van der Waals surface area contributed by atoms with E-state index in [9.17, 15) is 9.59 Å². The van der Waals surface area contributed by atoms with Crippen LogP contribution in [0.2, 0.25) is 0 Å². The van der Waals surface area contributed by atoms with Gasteiger partial charge in [-0.2, -0.15) is 0 Å². The smallest absolute Gasteiger partial charge is 0.308 e. The van der Waals surface area contributed by atoms with Gasteiger partial charge in [-0.3, -0.25) is 9.59 Å². The Balaban J connectivity index is 2.39. The monoisotopic (exact) mass is 304 g/mol. The zero-order valence-electron chi connectivity index (χ0n) is 11.8. The minimum atomic E-state index is -0.916. The van der Waals surface area contributed by atoms with Crippen molar-refractivity contribution >= 4 is 28.3 Å². The normalized spacial score (nSPS) is 10.4. The molecule has 21 heavy (non-hydrogen) atoms. The molecule has 0 saturated heterocycles. The van der Waals surface area contributed by atoms with Gasteiger partial charge in [0.15, 0.2) is 5.13 Å². The van der Waals surface area contributed by atoms with Crippen LogP contribution in [0.4, 0.5) is 5.13 Å². The molecule has 0 aliphatic heterocycles. The van der Waals surface area contributed by atoms with E-state index in [4.69, 9.17) is 5.11 Å². The molecule has 1 heterocycles. The van der Waals surface area contributed by atoms with E-state index in [1.807, 2.05) is 31.2 Å². The average Bonchev–Trinajstić information content (AvgIpc) is 2.81. The molecule has 0 bridgehead atoms. The molecular weight excluding hydrogens is 288 g/mol. The second-order valence-electron chi connectivity index (χ2n) is 4.63. The van der Waals surface area contributed by atoms with Gasteiger partial charge in [0.2, 0.25) is 5.91 Å². The first-order valence-corrected chi connectivity index (χ1v) is 7.39. The molecule has 2 aromatic rings. The standard InChI is InChI=1S/C15H16N2O3S/c1-3-12(18)16-15-17-14(11(21-15)8-13(19)20)10-6-4-9(2)5-7-10/h4-7H,3,8H2,1-2H3,(H,19,20)(H,16,17,18). The van der Waals surface area contributed by atoms with Gasteiger partial charge in [-0.25, -0.2) is 4.98 Å². The van der Waals surface area contributed by atoms with E-state index in [1.54, 1.807) is 6.92 Å². The molecule has 5 nitrogen and oxygen atoms in total. The van der Waals surface area contributed by atoms with Gasteiger partial charge in [-0.1, -0.05) is 36.8 Å². The van der Waals surface area contributed by atoms with Crippen LogP contribution in [-0.2, 0) is 16.0 Å².